The summed E-state index contributed by atoms with van der Waals surface area (Å²) in [6.45, 7) is 8.56. The van der Waals surface area contributed by atoms with E-state index < -0.39 is 0 Å². The van der Waals surface area contributed by atoms with Crippen molar-refractivity contribution in [3.63, 3.8) is 0 Å². The monoisotopic (exact) mass is 266 g/mol. The number of aromatic nitrogens is 2. The van der Waals surface area contributed by atoms with Crippen molar-refractivity contribution in [2.45, 2.75) is 20.4 Å². The van der Waals surface area contributed by atoms with Gasteiger partial charge < -0.3 is 5.32 Å². The van der Waals surface area contributed by atoms with Crippen molar-refractivity contribution in [2.75, 3.05) is 26.7 Å². The molecule has 0 aliphatic rings. The van der Waals surface area contributed by atoms with Crippen LogP contribution >= 0.6 is 11.3 Å². The number of likely N-dealkylation sites (N-methyl/N-ethyl adjacent to an activating group) is 1. The lowest BCUT2D eigenvalue weighted by atomic mass is 10.2. The number of nitrogens with zero attached hydrogens (tertiary/aromatic N) is 3. The van der Waals surface area contributed by atoms with Crippen molar-refractivity contribution in [2.24, 2.45) is 5.92 Å². The molecule has 2 rings (SSSR count). The summed E-state index contributed by atoms with van der Waals surface area (Å²) in [6, 6.07) is 0. The number of imidazole rings is 1. The van der Waals surface area contributed by atoms with Gasteiger partial charge in [0.2, 0.25) is 0 Å². The topological polar surface area (TPSA) is 32.6 Å². The van der Waals surface area contributed by atoms with Gasteiger partial charge in [0.25, 0.3) is 0 Å². The van der Waals surface area contributed by atoms with E-state index in [0.29, 0.717) is 0 Å². The summed E-state index contributed by atoms with van der Waals surface area (Å²) in [7, 11) is 2.14. The molecule has 100 valence electrons. The number of hydrogen-bond donors (Lipinski definition) is 1. The van der Waals surface area contributed by atoms with Gasteiger partial charge in [-0.1, -0.05) is 13.8 Å². The van der Waals surface area contributed by atoms with Crippen molar-refractivity contribution < 1.29 is 0 Å². The molecule has 5 heteroatoms. The fourth-order valence-corrected chi connectivity index (χ4v) is 2.59. The van der Waals surface area contributed by atoms with Gasteiger partial charge >= 0.3 is 0 Å². The van der Waals surface area contributed by atoms with E-state index in [1.807, 2.05) is 0 Å². The summed E-state index contributed by atoms with van der Waals surface area (Å²) >= 11 is 1.68. The quantitative estimate of drug-likeness (QED) is 0.779. The lowest BCUT2D eigenvalue weighted by Gasteiger charge is -2.16. The van der Waals surface area contributed by atoms with Crippen LogP contribution in [0.4, 0.5) is 0 Å². The molecular weight excluding hydrogens is 244 g/mol. The summed E-state index contributed by atoms with van der Waals surface area (Å²) in [5.41, 5.74) is 1.15. The van der Waals surface area contributed by atoms with E-state index in [9.17, 15) is 0 Å². The summed E-state index contributed by atoms with van der Waals surface area (Å²) in [5.74, 6) is 0.718. The number of fused-ring (bicyclic) bond motifs is 1. The SMILES string of the molecule is CC(C)CNCCN(C)Cc1cn2ccsc2n1. The van der Waals surface area contributed by atoms with Crippen molar-refractivity contribution in [3.05, 3.63) is 23.5 Å². The van der Waals surface area contributed by atoms with Gasteiger partial charge in [-0.25, -0.2) is 4.98 Å². The van der Waals surface area contributed by atoms with Crippen LogP contribution in [0.25, 0.3) is 4.96 Å². The van der Waals surface area contributed by atoms with Crippen LogP contribution in [-0.4, -0.2) is 41.0 Å². The number of nitrogens with one attached hydrogen (secondary N) is 1. The highest BCUT2D eigenvalue weighted by Gasteiger charge is 2.05. The van der Waals surface area contributed by atoms with Crippen molar-refractivity contribution >= 4 is 16.3 Å². The molecule has 4 nitrogen and oxygen atoms in total. The molecule has 1 N–H and O–H groups in total. The summed E-state index contributed by atoms with van der Waals surface area (Å²) in [5, 5.41) is 5.52. The van der Waals surface area contributed by atoms with Crippen molar-refractivity contribution in [3.8, 4) is 0 Å². The first-order valence-corrected chi connectivity index (χ1v) is 7.33. The molecule has 0 bridgehead atoms. The van der Waals surface area contributed by atoms with Crippen LogP contribution in [0.5, 0.6) is 0 Å². The van der Waals surface area contributed by atoms with Gasteiger partial charge in [0.15, 0.2) is 4.96 Å². The molecule has 0 spiro atoms. The zero-order valence-corrected chi connectivity index (χ0v) is 12.2. The largest absolute Gasteiger partial charge is 0.315 e. The standard InChI is InChI=1S/C13H22N4S/c1-11(2)8-14-4-5-16(3)9-12-10-17-6-7-18-13(17)15-12/h6-7,10-11,14H,4-5,8-9H2,1-3H3. The first-order valence-electron chi connectivity index (χ1n) is 6.45. The highest BCUT2D eigenvalue weighted by molar-refractivity contribution is 7.15. The van der Waals surface area contributed by atoms with Gasteiger partial charge in [-0.2, -0.15) is 0 Å². The predicted octanol–water partition coefficient (Wildman–Crippen LogP) is 2.07. The molecule has 0 saturated carbocycles. The molecule has 0 unspecified atom stereocenters. The maximum Gasteiger partial charge on any atom is 0.193 e. The smallest absolute Gasteiger partial charge is 0.193 e. The molecular formula is C13H22N4S. The second-order valence-corrected chi connectivity index (χ2v) is 6.03. The Morgan fingerprint density at radius 2 is 2.33 bits per heavy atom. The van der Waals surface area contributed by atoms with E-state index in [1.165, 1.54) is 0 Å². The van der Waals surface area contributed by atoms with Crippen LogP contribution in [0.2, 0.25) is 0 Å². The van der Waals surface area contributed by atoms with Crippen LogP contribution in [-0.2, 0) is 6.54 Å². The van der Waals surface area contributed by atoms with Gasteiger partial charge in [0.1, 0.15) is 0 Å². The summed E-state index contributed by atoms with van der Waals surface area (Å²) in [6.07, 6.45) is 4.17. The first-order chi connectivity index (χ1) is 8.65. The molecule has 0 aromatic carbocycles. The fraction of sp³-hybridized carbons (Fsp3) is 0.615. The molecule has 0 saturated heterocycles. The van der Waals surface area contributed by atoms with Crippen molar-refractivity contribution in [1.29, 1.82) is 0 Å². The minimum atomic E-state index is 0.718. The van der Waals surface area contributed by atoms with Gasteiger partial charge in [-0.15, -0.1) is 11.3 Å². The Kier molecular flexibility index (Phi) is 4.74. The second kappa shape index (κ2) is 6.31. The molecule has 2 aromatic rings. The average molecular weight is 266 g/mol. The van der Waals surface area contributed by atoms with Gasteiger partial charge in [-0.3, -0.25) is 9.30 Å². The van der Waals surface area contributed by atoms with Crippen LogP contribution < -0.4 is 5.32 Å². The Hall–Kier alpha value is -0.910. The number of thiazole rings is 1. The average Bonchev–Trinajstić information content (AvgIpc) is 2.84. The highest BCUT2D eigenvalue weighted by Crippen LogP contribution is 2.12. The minimum Gasteiger partial charge on any atom is -0.315 e. The lowest BCUT2D eigenvalue weighted by molar-refractivity contribution is 0.318. The molecule has 18 heavy (non-hydrogen) atoms. The van der Waals surface area contributed by atoms with E-state index in [4.69, 9.17) is 0 Å². The van der Waals surface area contributed by atoms with Crippen LogP contribution in [0.3, 0.4) is 0 Å². The van der Waals surface area contributed by atoms with Crippen LogP contribution in [0.1, 0.15) is 19.5 Å². The molecule has 0 amide bonds. The van der Waals surface area contributed by atoms with E-state index in [0.717, 1.165) is 42.8 Å². The van der Waals surface area contributed by atoms with Crippen LogP contribution in [0, 0.1) is 5.92 Å². The Balaban J connectivity index is 1.73. The Bertz CT molecular complexity index is 445. The van der Waals surface area contributed by atoms with E-state index in [2.05, 4.69) is 58.3 Å². The van der Waals surface area contributed by atoms with Gasteiger partial charge in [0.05, 0.1) is 5.69 Å². The third kappa shape index (κ3) is 3.80. The Morgan fingerprint density at radius 3 is 3.06 bits per heavy atom. The first kappa shape index (κ1) is 13.5. The second-order valence-electron chi connectivity index (χ2n) is 5.16. The molecule has 0 atom stereocenters. The predicted molar refractivity (Wildman–Crippen MR) is 77.1 cm³/mol. The van der Waals surface area contributed by atoms with Crippen molar-refractivity contribution in [1.82, 2.24) is 19.6 Å². The molecule has 0 aliphatic carbocycles. The summed E-state index contributed by atoms with van der Waals surface area (Å²) < 4.78 is 2.09. The third-order valence-corrected chi connectivity index (χ3v) is 3.57. The zero-order chi connectivity index (χ0) is 13.0. The van der Waals surface area contributed by atoms with Gasteiger partial charge in [0, 0.05) is 37.4 Å². The maximum absolute atomic E-state index is 4.59. The fourth-order valence-electron chi connectivity index (χ4n) is 1.87. The minimum absolute atomic E-state index is 0.718. The number of rotatable bonds is 7. The van der Waals surface area contributed by atoms with E-state index >= 15 is 0 Å². The van der Waals surface area contributed by atoms with E-state index in [-0.39, 0.29) is 0 Å². The molecule has 0 radical (unpaired) electrons. The Labute approximate surface area is 113 Å². The highest BCUT2D eigenvalue weighted by atomic mass is 32.1. The third-order valence-electron chi connectivity index (χ3n) is 2.80. The normalized spacial score (nSPS) is 12.1. The maximum atomic E-state index is 4.59. The lowest BCUT2D eigenvalue weighted by Crippen LogP contribution is -2.30. The summed E-state index contributed by atoms with van der Waals surface area (Å²) in [4.78, 5) is 7.97. The van der Waals surface area contributed by atoms with E-state index in [1.54, 1.807) is 11.3 Å². The van der Waals surface area contributed by atoms with Gasteiger partial charge in [-0.05, 0) is 19.5 Å². The Morgan fingerprint density at radius 1 is 1.50 bits per heavy atom. The number of hydrogen-bond acceptors (Lipinski definition) is 4. The molecule has 2 heterocycles. The molecule has 0 fully saturated rings. The zero-order valence-electron chi connectivity index (χ0n) is 11.4. The molecule has 2 aromatic heterocycles. The van der Waals surface area contributed by atoms with Crippen LogP contribution in [0.15, 0.2) is 17.8 Å². The molecule has 0 aliphatic heterocycles.